The van der Waals surface area contributed by atoms with Gasteiger partial charge in [0.1, 0.15) is 5.58 Å². The zero-order chi connectivity index (χ0) is 11.7. The molecule has 16 heavy (non-hydrogen) atoms. The molecule has 1 aromatic carbocycles. The fourth-order valence-electron chi connectivity index (χ4n) is 1.60. The molecule has 0 saturated carbocycles. The van der Waals surface area contributed by atoms with Crippen molar-refractivity contribution in [1.82, 2.24) is 0 Å². The van der Waals surface area contributed by atoms with Crippen molar-refractivity contribution in [1.29, 1.82) is 0 Å². The van der Waals surface area contributed by atoms with E-state index >= 15 is 0 Å². The number of hydrogen-bond acceptors (Lipinski definition) is 3. The number of halogens is 1. The number of ether oxygens (including phenoxy) is 1. The average molecular weight is 332 g/mol. The Bertz CT molecular complexity index is 544. The SMILES string of the molecule is COCc1c(C(=O)O)oc2c(I)cccc12. The predicted octanol–water partition coefficient (Wildman–Crippen LogP) is 2.88. The molecule has 1 N–H and O–H groups in total. The highest BCUT2D eigenvalue weighted by molar-refractivity contribution is 14.1. The maximum Gasteiger partial charge on any atom is 0.372 e. The monoisotopic (exact) mass is 332 g/mol. The van der Waals surface area contributed by atoms with E-state index in [9.17, 15) is 4.79 Å². The summed E-state index contributed by atoms with van der Waals surface area (Å²) >= 11 is 2.11. The van der Waals surface area contributed by atoms with Crippen LogP contribution in [0.4, 0.5) is 0 Å². The molecule has 0 unspecified atom stereocenters. The molecule has 0 bridgehead atoms. The quantitative estimate of drug-likeness (QED) is 0.878. The summed E-state index contributed by atoms with van der Waals surface area (Å²) in [7, 11) is 1.53. The van der Waals surface area contributed by atoms with Gasteiger partial charge in [-0.25, -0.2) is 4.79 Å². The molecule has 2 aromatic rings. The molecule has 84 valence electrons. The maximum atomic E-state index is 11.0. The van der Waals surface area contributed by atoms with Crippen molar-refractivity contribution in [2.75, 3.05) is 7.11 Å². The van der Waals surface area contributed by atoms with Crippen LogP contribution in [0.15, 0.2) is 22.6 Å². The first-order valence-electron chi connectivity index (χ1n) is 4.57. The van der Waals surface area contributed by atoms with Gasteiger partial charge < -0.3 is 14.3 Å². The highest BCUT2D eigenvalue weighted by Gasteiger charge is 2.20. The minimum atomic E-state index is -1.07. The van der Waals surface area contributed by atoms with E-state index in [0.29, 0.717) is 11.1 Å². The van der Waals surface area contributed by atoms with Crippen molar-refractivity contribution in [2.24, 2.45) is 0 Å². The van der Waals surface area contributed by atoms with Gasteiger partial charge in [0.2, 0.25) is 5.76 Å². The lowest BCUT2D eigenvalue weighted by Crippen LogP contribution is -1.99. The van der Waals surface area contributed by atoms with Crippen LogP contribution < -0.4 is 0 Å². The second-order valence-electron chi connectivity index (χ2n) is 3.26. The van der Waals surface area contributed by atoms with E-state index in [4.69, 9.17) is 14.3 Å². The van der Waals surface area contributed by atoms with E-state index in [0.717, 1.165) is 8.96 Å². The van der Waals surface area contributed by atoms with Crippen molar-refractivity contribution in [3.05, 3.63) is 33.1 Å². The van der Waals surface area contributed by atoms with Crippen LogP contribution in [-0.4, -0.2) is 18.2 Å². The van der Waals surface area contributed by atoms with Crippen LogP contribution in [0.25, 0.3) is 11.0 Å². The Balaban J connectivity index is 2.75. The van der Waals surface area contributed by atoms with Crippen LogP contribution in [0.3, 0.4) is 0 Å². The number of furan rings is 1. The van der Waals surface area contributed by atoms with Gasteiger partial charge in [-0.1, -0.05) is 12.1 Å². The molecule has 1 aromatic heterocycles. The molecule has 4 nitrogen and oxygen atoms in total. The molecule has 0 radical (unpaired) electrons. The number of methoxy groups -OCH3 is 1. The van der Waals surface area contributed by atoms with Crippen molar-refractivity contribution < 1.29 is 19.1 Å². The fraction of sp³-hybridized carbons (Fsp3) is 0.182. The summed E-state index contributed by atoms with van der Waals surface area (Å²) in [6.07, 6.45) is 0. The zero-order valence-electron chi connectivity index (χ0n) is 8.49. The lowest BCUT2D eigenvalue weighted by molar-refractivity contribution is 0.0658. The third-order valence-electron chi connectivity index (χ3n) is 2.25. The summed E-state index contributed by atoms with van der Waals surface area (Å²) in [6, 6.07) is 5.57. The third-order valence-corrected chi connectivity index (χ3v) is 3.10. The molecule has 0 saturated heterocycles. The molecule has 0 aliphatic rings. The Morgan fingerprint density at radius 3 is 2.94 bits per heavy atom. The Morgan fingerprint density at radius 1 is 1.56 bits per heavy atom. The Kier molecular flexibility index (Phi) is 3.15. The van der Waals surface area contributed by atoms with Crippen LogP contribution in [0.2, 0.25) is 0 Å². The van der Waals surface area contributed by atoms with Gasteiger partial charge in [-0.2, -0.15) is 0 Å². The van der Waals surface area contributed by atoms with Gasteiger partial charge in [0, 0.05) is 18.1 Å². The summed E-state index contributed by atoms with van der Waals surface area (Å²) in [5, 5.41) is 9.83. The second-order valence-corrected chi connectivity index (χ2v) is 4.43. The number of carboxylic acid groups (broad SMARTS) is 1. The summed E-state index contributed by atoms with van der Waals surface area (Å²) in [6.45, 7) is 0.231. The van der Waals surface area contributed by atoms with Gasteiger partial charge in [0.05, 0.1) is 10.2 Å². The van der Waals surface area contributed by atoms with Gasteiger partial charge in [-0.05, 0) is 28.7 Å². The number of carboxylic acids is 1. The molecular weight excluding hydrogens is 323 g/mol. The Labute approximate surface area is 105 Å². The van der Waals surface area contributed by atoms with Gasteiger partial charge in [0.15, 0.2) is 0 Å². The smallest absolute Gasteiger partial charge is 0.372 e. The van der Waals surface area contributed by atoms with Crippen LogP contribution in [0.1, 0.15) is 16.1 Å². The molecule has 0 amide bonds. The zero-order valence-corrected chi connectivity index (χ0v) is 10.6. The molecule has 0 aliphatic carbocycles. The summed E-state index contributed by atoms with van der Waals surface area (Å²) in [5.41, 5.74) is 1.19. The van der Waals surface area contributed by atoms with E-state index in [1.54, 1.807) is 0 Å². The minimum absolute atomic E-state index is 0.0408. The van der Waals surface area contributed by atoms with Crippen LogP contribution in [-0.2, 0) is 11.3 Å². The average Bonchev–Trinajstić information content (AvgIpc) is 2.60. The lowest BCUT2D eigenvalue weighted by Gasteiger charge is -1.97. The topological polar surface area (TPSA) is 59.7 Å². The number of carbonyl (C=O) groups is 1. The number of para-hydroxylation sites is 1. The molecular formula is C11H9IO4. The van der Waals surface area contributed by atoms with Gasteiger partial charge in [-0.15, -0.1) is 0 Å². The molecule has 5 heteroatoms. The minimum Gasteiger partial charge on any atom is -0.475 e. The number of fused-ring (bicyclic) bond motifs is 1. The summed E-state index contributed by atoms with van der Waals surface area (Å²) in [4.78, 5) is 11.0. The number of benzene rings is 1. The number of rotatable bonds is 3. The highest BCUT2D eigenvalue weighted by Crippen LogP contribution is 2.29. The van der Waals surface area contributed by atoms with E-state index in [2.05, 4.69) is 22.6 Å². The standard InChI is InChI=1S/C11H9IO4/c1-15-5-7-6-3-2-4-8(12)9(6)16-10(7)11(13)14/h2-4H,5H2,1H3,(H,13,14). The molecule has 1 heterocycles. The fourth-order valence-corrected chi connectivity index (χ4v) is 2.20. The van der Waals surface area contributed by atoms with Crippen LogP contribution >= 0.6 is 22.6 Å². The molecule has 0 aliphatic heterocycles. The maximum absolute atomic E-state index is 11.0. The predicted molar refractivity (Wildman–Crippen MR) is 66.6 cm³/mol. The van der Waals surface area contributed by atoms with Crippen LogP contribution in [0.5, 0.6) is 0 Å². The molecule has 0 fully saturated rings. The van der Waals surface area contributed by atoms with E-state index in [1.165, 1.54) is 7.11 Å². The van der Waals surface area contributed by atoms with E-state index in [1.807, 2.05) is 18.2 Å². The van der Waals surface area contributed by atoms with Crippen molar-refractivity contribution in [3.8, 4) is 0 Å². The third kappa shape index (κ3) is 1.80. The van der Waals surface area contributed by atoms with E-state index < -0.39 is 5.97 Å². The molecule has 0 spiro atoms. The first kappa shape index (κ1) is 11.4. The second kappa shape index (κ2) is 4.42. The Morgan fingerprint density at radius 2 is 2.31 bits per heavy atom. The number of hydrogen-bond donors (Lipinski definition) is 1. The Hall–Kier alpha value is -1.08. The normalized spacial score (nSPS) is 10.9. The first-order valence-corrected chi connectivity index (χ1v) is 5.65. The van der Waals surface area contributed by atoms with Crippen molar-refractivity contribution in [3.63, 3.8) is 0 Å². The number of aromatic carboxylic acids is 1. The summed E-state index contributed by atoms with van der Waals surface area (Å²) in [5.74, 6) is -1.11. The largest absolute Gasteiger partial charge is 0.475 e. The van der Waals surface area contributed by atoms with E-state index in [-0.39, 0.29) is 12.4 Å². The van der Waals surface area contributed by atoms with Gasteiger partial charge in [-0.3, -0.25) is 0 Å². The highest BCUT2D eigenvalue weighted by atomic mass is 127. The van der Waals surface area contributed by atoms with Gasteiger partial charge >= 0.3 is 5.97 Å². The van der Waals surface area contributed by atoms with Crippen molar-refractivity contribution >= 4 is 39.5 Å². The first-order chi connectivity index (χ1) is 7.65. The summed E-state index contributed by atoms with van der Waals surface area (Å²) < 4.78 is 11.2. The van der Waals surface area contributed by atoms with Crippen molar-refractivity contribution in [2.45, 2.75) is 6.61 Å². The van der Waals surface area contributed by atoms with Crippen LogP contribution in [0, 0.1) is 3.57 Å². The molecule has 2 rings (SSSR count). The molecule has 0 atom stereocenters. The lowest BCUT2D eigenvalue weighted by atomic mass is 10.1. The van der Waals surface area contributed by atoms with Gasteiger partial charge in [0.25, 0.3) is 0 Å².